The molecule has 2 aromatic carbocycles. The average Bonchev–Trinajstić information content (AvgIpc) is 3.26. The Morgan fingerprint density at radius 1 is 1.13 bits per heavy atom. The largest absolute Gasteiger partial charge is 0.349 e. The fourth-order valence-corrected chi connectivity index (χ4v) is 3.45. The van der Waals surface area contributed by atoms with Crippen molar-refractivity contribution in [2.45, 2.75) is 38.8 Å². The fourth-order valence-electron chi connectivity index (χ4n) is 3.45. The van der Waals surface area contributed by atoms with Gasteiger partial charge in [0.25, 0.3) is 5.91 Å². The maximum atomic E-state index is 12.7. The third-order valence-electron chi connectivity index (χ3n) is 5.12. The molecule has 1 aliphatic heterocycles. The van der Waals surface area contributed by atoms with Crippen LogP contribution in [0, 0.1) is 0 Å². The van der Waals surface area contributed by atoms with Crippen molar-refractivity contribution in [3.63, 3.8) is 0 Å². The molecule has 0 bridgehead atoms. The highest BCUT2D eigenvalue weighted by atomic mass is 16.2. The quantitative estimate of drug-likeness (QED) is 0.548. The number of hydrogen-bond acceptors (Lipinski definition) is 4. The second-order valence-electron chi connectivity index (χ2n) is 7.60. The first-order valence-electron chi connectivity index (χ1n) is 9.87. The van der Waals surface area contributed by atoms with Crippen molar-refractivity contribution in [2.75, 3.05) is 4.90 Å². The molecule has 30 heavy (non-hydrogen) atoms. The summed E-state index contributed by atoms with van der Waals surface area (Å²) in [5, 5.41) is 5.34. The number of carbonyl (C=O) groups excluding carboxylic acids is 3. The molecule has 0 saturated carbocycles. The number of imidazole rings is 1. The van der Waals surface area contributed by atoms with Crippen LogP contribution in [0.25, 0.3) is 11.0 Å². The van der Waals surface area contributed by atoms with Gasteiger partial charge in [-0.2, -0.15) is 0 Å². The number of nitrogens with zero attached hydrogens (tertiary/aromatic N) is 2. The smallest absolute Gasteiger partial charge is 0.329 e. The summed E-state index contributed by atoms with van der Waals surface area (Å²) < 4.78 is 0. The highest BCUT2D eigenvalue weighted by molar-refractivity contribution is 6.22. The van der Waals surface area contributed by atoms with E-state index >= 15 is 0 Å². The monoisotopic (exact) mass is 405 g/mol. The lowest BCUT2D eigenvalue weighted by Crippen LogP contribution is -2.36. The van der Waals surface area contributed by atoms with E-state index in [0.717, 1.165) is 21.5 Å². The van der Waals surface area contributed by atoms with E-state index in [-0.39, 0.29) is 18.9 Å². The number of carbonyl (C=O) groups is 3. The van der Waals surface area contributed by atoms with Crippen LogP contribution in [0.3, 0.4) is 0 Å². The molecule has 1 unspecified atom stereocenters. The number of fused-ring (bicyclic) bond motifs is 1. The summed E-state index contributed by atoms with van der Waals surface area (Å²) in [4.78, 5) is 46.0. The van der Waals surface area contributed by atoms with Gasteiger partial charge in [-0.05, 0) is 35.7 Å². The molecule has 4 amide bonds. The van der Waals surface area contributed by atoms with Gasteiger partial charge in [-0.25, -0.2) is 14.7 Å². The number of hydrogen-bond donors (Lipinski definition) is 3. The third kappa shape index (κ3) is 3.89. The van der Waals surface area contributed by atoms with E-state index < -0.39 is 18.0 Å². The van der Waals surface area contributed by atoms with E-state index in [1.54, 1.807) is 12.1 Å². The van der Waals surface area contributed by atoms with Gasteiger partial charge in [0.05, 0.1) is 29.7 Å². The molecule has 1 aromatic heterocycles. The molecule has 8 nitrogen and oxygen atoms in total. The van der Waals surface area contributed by atoms with Crippen molar-refractivity contribution in [1.82, 2.24) is 20.6 Å². The topological polar surface area (TPSA) is 107 Å². The maximum Gasteiger partial charge on any atom is 0.329 e. The molecule has 1 aliphatic rings. The lowest BCUT2D eigenvalue weighted by atomic mass is 10.0. The summed E-state index contributed by atoms with van der Waals surface area (Å²) >= 11 is 0. The van der Waals surface area contributed by atoms with Crippen LogP contribution in [0.5, 0.6) is 0 Å². The second kappa shape index (κ2) is 7.98. The van der Waals surface area contributed by atoms with Crippen molar-refractivity contribution < 1.29 is 14.4 Å². The van der Waals surface area contributed by atoms with E-state index in [4.69, 9.17) is 0 Å². The molecule has 154 valence electrons. The molecular formula is C22H23N5O3. The van der Waals surface area contributed by atoms with Gasteiger partial charge < -0.3 is 15.6 Å². The number of anilines is 1. The number of nitrogens with one attached hydrogen (secondary N) is 3. The predicted molar refractivity (Wildman–Crippen MR) is 113 cm³/mol. The zero-order chi connectivity index (χ0) is 21.3. The number of H-pyrrole nitrogens is 1. The molecule has 0 radical (unpaired) electrons. The number of imide groups is 1. The normalized spacial score (nSPS) is 16.4. The first-order chi connectivity index (χ1) is 14.4. The Balaban J connectivity index is 1.36. The van der Waals surface area contributed by atoms with Gasteiger partial charge in [0.2, 0.25) is 5.91 Å². The highest BCUT2D eigenvalue weighted by Crippen LogP contribution is 2.23. The molecule has 8 heteroatoms. The molecule has 1 saturated heterocycles. The molecule has 0 aliphatic carbocycles. The summed E-state index contributed by atoms with van der Waals surface area (Å²) in [6, 6.07) is 13.5. The number of aromatic nitrogens is 2. The highest BCUT2D eigenvalue weighted by Gasteiger charge is 2.40. The van der Waals surface area contributed by atoms with Gasteiger partial charge in [0, 0.05) is 0 Å². The summed E-state index contributed by atoms with van der Waals surface area (Å²) in [6.07, 6.45) is -0.134. The zero-order valence-electron chi connectivity index (χ0n) is 16.8. The first-order valence-corrected chi connectivity index (χ1v) is 9.87. The van der Waals surface area contributed by atoms with Crippen LogP contribution in [0.1, 0.15) is 37.6 Å². The molecule has 0 spiro atoms. The summed E-state index contributed by atoms with van der Waals surface area (Å²) in [7, 11) is 0. The van der Waals surface area contributed by atoms with Crippen molar-refractivity contribution in [1.29, 1.82) is 0 Å². The van der Waals surface area contributed by atoms with Gasteiger partial charge in [0.15, 0.2) is 0 Å². The van der Waals surface area contributed by atoms with Gasteiger partial charge in [0.1, 0.15) is 11.9 Å². The Bertz CT molecular complexity index is 1070. The Morgan fingerprint density at radius 2 is 1.87 bits per heavy atom. The molecule has 3 aromatic rings. The average molecular weight is 405 g/mol. The Kier molecular flexibility index (Phi) is 5.22. The predicted octanol–water partition coefficient (Wildman–Crippen LogP) is 2.82. The van der Waals surface area contributed by atoms with Gasteiger partial charge >= 0.3 is 6.03 Å². The minimum absolute atomic E-state index is 0.134. The number of amides is 4. The van der Waals surface area contributed by atoms with Crippen LogP contribution < -0.4 is 15.5 Å². The number of rotatable bonds is 6. The van der Waals surface area contributed by atoms with Crippen LogP contribution in [-0.2, 0) is 16.1 Å². The van der Waals surface area contributed by atoms with Crippen LogP contribution in [0.4, 0.5) is 10.5 Å². The fraction of sp³-hybridized carbons (Fsp3) is 0.273. The van der Waals surface area contributed by atoms with Crippen LogP contribution >= 0.6 is 0 Å². The molecule has 4 rings (SSSR count). The number of benzene rings is 2. The van der Waals surface area contributed by atoms with E-state index in [9.17, 15) is 14.4 Å². The van der Waals surface area contributed by atoms with Gasteiger partial charge in [-0.1, -0.05) is 38.1 Å². The number of aromatic amines is 1. The summed E-state index contributed by atoms with van der Waals surface area (Å²) in [6.45, 7) is 4.36. The van der Waals surface area contributed by atoms with Crippen LogP contribution in [-0.4, -0.2) is 33.9 Å². The van der Waals surface area contributed by atoms with Crippen LogP contribution in [0.2, 0.25) is 0 Å². The molecule has 3 N–H and O–H groups in total. The van der Waals surface area contributed by atoms with Crippen molar-refractivity contribution in [2.24, 2.45) is 0 Å². The van der Waals surface area contributed by atoms with Crippen LogP contribution in [0.15, 0.2) is 48.5 Å². The zero-order valence-corrected chi connectivity index (χ0v) is 16.8. The van der Waals surface area contributed by atoms with E-state index in [2.05, 4.69) is 34.4 Å². The minimum atomic E-state index is -0.891. The third-order valence-corrected chi connectivity index (χ3v) is 5.12. The van der Waals surface area contributed by atoms with E-state index in [1.165, 1.54) is 0 Å². The van der Waals surface area contributed by atoms with E-state index in [1.807, 2.05) is 36.4 Å². The summed E-state index contributed by atoms with van der Waals surface area (Å²) in [5.41, 5.74) is 3.32. The SMILES string of the molecule is CC(C)c1ccc(N2C(=O)NC(CC(=O)NCc3nc4ccccc4[nH]3)C2=O)cc1. The second-order valence-corrected chi connectivity index (χ2v) is 7.60. The standard InChI is InChI=1S/C22H23N5O3/c1-13(2)14-7-9-15(10-8-14)27-21(29)18(26-22(27)30)11-20(28)23-12-19-24-16-5-3-4-6-17(16)25-19/h3-10,13,18H,11-12H2,1-2H3,(H,23,28)(H,24,25)(H,26,30). The molecule has 2 heterocycles. The van der Waals surface area contributed by atoms with E-state index in [0.29, 0.717) is 17.4 Å². The lowest BCUT2D eigenvalue weighted by molar-refractivity contribution is -0.125. The van der Waals surface area contributed by atoms with Gasteiger partial charge in [-0.15, -0.1) is 0 Å². The number of urea groups is 1. The minimum Gasteiger partial charge on any atom is -0.349 e. The lowest BCUT2D eigenvalue weighted by Gasteiger charge is -2.14. The van der Waals surface area contributed by atoms with Gasteiger partial charge in [-0.3, -0.25) is 9.59 Å². The molecular weight excluding hydrogens is 382 g/mol. The Hall–Kier alpha value is -3.68. The summed E-state index contributed by atoms with van der Waals surface area (Å²) in [5.74, 6) is 0.200. The van der Waals surface area contributed by atoms with Crippen molar-refractivity contribution >= 4 is 34.6 Å². The Labute approximate surface area is 173 Å². The Morgan fingerprint density at radius 3 is 2.57 bits per heavy atom. The molecule has 1 atom stereocenters. The van der Waals surface area contributed by atoms with Crippen molar-refractivity contribution in [3.8, 4) is 0 Å². The molecule has 1 fully saturated rings. The number of para-hydroxylation sites is 2. The first kappa shape index (κ1) is 19.6. The van der Waals surface area contributed by atoms with Crippen molar-refractivity contribution in [3.05, 3.63) is 59.9 Å². The maximum absolute atomic E-state index is 12.7.